The molecule has 1 amide bonds. The van der Waals surface area contributed by atoms with E-state index in [1.165, 1.54) is 36.4 Å². The van der Waals surface area contributed by atoms with Crippen molar-refractivity contribution in [3.05, 3.63) is 59.9 Å². The second kappa shape index (κ2) is 9.57. The van der Waals surface area contributed by atoms with Gasteiger partial charge in [-0.15, -0.1) is 0 Å². The molecule has 0 unspecified atom stereocenters. The van der Waals surface area contributed by atoms with Crippen molar-refractivity contribution in [3.8, 4) is 0 Å². The highest BCUT2D eigenvalue weighted by Gasteiger charge is 2.40. The molecule has 1 saturated heterocycles. The summed E-state index contributed by atoms with van der Waals surface area (Å²) in [4.78, 5) is 24.3. The number of hydrogen-bond acceptors (Lipinski definition) is 6. The van der Waals surface area contributed by atoms with Crippen LogP contribution in [0.25, 0.3) is 0 Å². The number of carbonyl (C=O) groups is 2. The first kappa shape index (κ1) is 24.8. The summed E-state index contributed by atoms with van der Waals surface area (Å²) >= 11 is 0. The number of benzene rings is 2. The molecule has 0 aliphatic carbocycles. The van der Waals surface area contributed by atoms with E-state index in [0.29, 0.717) is 12.0 Å². The van der Waals surface area contributed by atoms with Crippen molar-refractivity contribution in [1.82, 2.24) is 9.62 Å². The Morgan fingerprint density at radius 2 is 1.64 bits per heavy atom. The highest BCUT2D eigenvalue weighted by Crippen LogP contribution is 2.27. The van der Waals surface area contributed by atoms with E-state index < -0.39 is 49.6 Å². The van der Waals surface area contributed by atoms with Crippen LogP contribution in [0.4, 0.5) is 4.39 Å². The zero-order chi connectivity index (χ0) is 24.4. The van der Waals surface area contributed by atoms with Gasteiger partial charge in [-0.3, -0.25) is 4.79 Å². The fraction of sp³-hybridized carbons (Fsp3) is 0.333. The molecule has 0 spiro atoms. The van der Waals surface area contributed by atoms with Crippen LogP contribution in [0.15, 0.2) is 58.3 Å². The van der Waals surface area contributed by atoms with Crippen LogP contribution in [0.3, 0.4) is 0 Å². The molecule has 0 saturated carbocycles. The minimum atomic E-state index is -4.13. The molecule has 1 aliphatic rings. The molecule has 9 nitrogen and oxygen atoms in total. The Morgan fingerprint density at radius 1 is 1.06 bits per heavy atom. The fourth-order valence-electron chi connectivity index (χ4n) is 3.61. The zero-order valence-corrected chi connectivity index (χ0v) is 19.3. The first-order chi connectivity index (χ1) is 15.4. The van der Waals surface area contributed by atoms with Crippen LogP contribution in [-0.2, 0) is 35.9 Å². The van der Waals surface area contributed by atoms with Gasteiger partial charge >= 0.3 is 5.97 Å². The molecule has 178 valence electrons. The van der Waals surface area contributed by atoms with Crippen LogP contribution in [0.2, 0.25) is 0 Å². The number of sulfone groups is 1. The predicted octanol–water partition coefficient (Wildman–Crippen LogP) is 1.19. The SMILES string of the molecule is CS(=O)(=O)c1ccc(S(=O)(=O)N2CCC[C@H]2C(=O)N[C@@H](Cc2ccc(F)cc2)C(=O)O)cc1. The summed E-state index contributed by atoms with van der Waals surface area (Å²) in [6, 6.07) is 7.40. The Hall–Kier alpha value is -2.83. The third-order valence-corrected chi connectivity index (χ3v) is 8.38. The number of rotatable bonds is 8. The third-order valence-electron chi connectivity index (χ3n) is 5.33. The van der Waals surface area contributed by atoms with Gasteiger partial charge in [0.25, 0.3) is 0 Å². The normalized spacial score (nSPS) is 18.1. The fourth-order valence-corrected chi connectivity index (χ4v) is 5.90. The number of amides is 1. The van der Waals surface area contributed by atoms with Crippen molar-refractivity contribution in [2.45, 2.75) is 41.1 Å². The standard InChI is InChI=1S/C21H23FN2O7S2/c1-32(28,29)16-8-10-17(11-9-16)33(30,31)24-12-2-3-19(24)20(25)23-18(21(26)27)13-14-4-6-15(22)7-5-14/h4-11,18-19H,2-3,12-13H2,1H3,(H,23,25)(H,26,27)/t18-,19-/m0/s1. The molecule has 0 radical (unpaired) electrons. The smallest absolute Gasteiger partial charge is 0.326 e. The maximum Gasteiger partial charge on any atom is 0.326 e. The van der Waals surface area contributed by atoms with Gasteiger partial charge in [0, 0.05) is 19.2 Å². The van der Waals surface area contributed by atoms with Crippen LogP contribution in [-0.4, -0.2) is 63.0 Å². The van der Waals surface area contributed by atoms with Gasteiger partial charge in [0.15, 0.2) is 9.84 Å². The lowest BCUT2D eigenvalue weighted by Gasteiger charge is -2.25. The van der Waals surface area contributed by atoms with E-state index in [0.717, 1.165) is 22.7 Å². The largest absolute Gasteiger partial charge is 0.480 e. The Kier molecular flexibility index (Phi) is 7.20. The molecule has 0 aromatic heterocycles. The van der Waals surface area contributed by atoms with Gasteiger partial charge in [-0.2, -0.15) is 4.31 Å². The zero-order valence-electron chi connectivity index (χ0n) is 17.6. The summed E-state index contributed by atoms with van der Waals surface area (Å²) in [6.07, 6.45) is 1.50. The van der Waals surface area contributed by atoms with Crippen molar-refractivity contribution >= 4 is 31.7 Å². The molecular formula is C21H23FN2O7S2. The number of sulfonamides is 1. The topological polar surface area (TPSA) is 138 Å². The number of carboxylic acids is 1. The van der Waals surface area contributed by atoms with Gasteiger partial charge in [0.1, 0.15) is 17.9 Å². The van der Waals surface area contributed by atoms with Crippen LogP contribution in [0, 0.1) is 5.82 Å². The van der Waals surface area contributed by atoms with Crippen molar-refractivity contribution in [3.63, 3.8) is 0 Å². The minimum absolute atomic E-state index is 0.0396. The summed E-state index contributed by atoms with van der Waals surface area (Å²) in [5.74, 6) is -2.54. The predicted molar refractivity (Wildman–Crippen MR) is 116 cm³/mol. The molecule has 2 N–H and O–H groups in total. The Bertz CT molecular complexity index is 1240. The number of halogens is 1. The van der Waals surface area contributed by atoms with Gasteiger partial charge in [-0.1, -0.05) is 12.1 Å². The van der Waals surface area contributed by atoms with Gasteiger partial charge < -0.3 is 10.4 Å². The van der Waals surface area contributed by atoms with E-state index in [4.69, 9.17) is 0 Å². The average Bonchev–Trinajstić information content (AvgIpc) is 3.25. The molecule has 2 aromatic rings. The van der Waals surface area contributed by atoms with E-state index >= 15 is 0 Å². The van der Waals surface area contributed by atoms with Gasteiger partial charge in [0.05, 0.1) is 9.79 Å². The van der Waals surface area contributed by atoms with E-state index in [1.54, 1.807) is 0 Å². The molecular weight excluding hydrogens is 475 g/mol. The molecule has 1 heterocycles. The van der Waals surface area contributed by atoms with Crippen LogP contribution in [0.5, 0.6) is 0 Å². The van der Waals surface area contributed by atoms with Crippen LogP contribution >= 0.6 is 0 Å². The molecule has 1 fully saturated rings. The number of hydrogen-bond donors (Lipinski definition) is 2. The first-order valence-corrected chi connectivity index (χ1v) is 13.3. The number of nitrogens with zero attached hydrogens (tertiary/aromatic N) is 1. The lowest BCUT2D eigenvalue weighted by molar-refractivity contribution is -0.142. The van der Waals surface area contributed by atoms with Crippen molar-refractivity contribution in [2.24, 2.45) is 0 Å². The second-order valence-electron chi connectivity index (χ2n) is 7.75. The van der Waals surface area contributed by atoms with Crippen LogP contribution in [0.1, 0.15) is 18.4 Å². The lowest BCUT2D eigenvalue weighted by Crippen LogP contribution is -2.51. The highest BCUT2D eigenvalue weighted by molar-refractivity contribution is 7.90. The molecule has 1 aliphatic heterocycles. The van der Waals surface area contributed by atoms with Crippen molar-refractivity contribution in [1.29, 1.82) is 0 Å². The summed E-state index contributed by atoms with van der Waals surface area (Å²) in [6.45, 7) is 0.0595. The maximum absolute atomic E-state index is 13.1. The van der Waals surface area contributed by atoms with E-state index in [2.05, 4.69) is 5.32 Å². The molecule has 2 atom stereocenters. The molecule has 33 heavy (non-hydrogen) atoms. The Balaban J connectivity index is 1.78. The van der Waals surface area contributed by atoms with Crippen molar-refractivity contribution in [2.75, 3.05) is 12.8 Å². The Morgan fingerprint density at radius 3 is 2.18 bits per heavy atom. The third kappa shape index (κ3) is 5.75. The first-order valence-electron chi connectivity index (χ1n) is 9.99. The van der Waals surface area contributed by atoms with E-state index in [-0.39, 0.29) is 29.2 Å². The summed E-state index contributed by atoms with van der Waals surface area (Å²) in [5.41, 5.74) is 0.492. The maximum atomic E-state index is 13.1. The second-order valence-corrected chi connectivity index (χ2v) is 11.7. The molecule has 12 heteroatoms. The monoisotopic (exact) mass is 498 g/mol. The molecule has 0 bridgehead atoms. The van der Waals surface area contributed by atoms with Gasteiger partial charge in [-0.25, -0.2) is 26.0 Å². The molecule has 3 rings (SSSR count). The quantitative estimate of drug-likeness (QED) is 0.558. The van der Waals surface area contributed by atoms with Crippen LogP contribution < -0.4 is 5.32 Å². The van der Waals surface area contributed by atoms with E-state index in [9.17, 15) is 35.9 Å². The minimum Gasteiger partial charge on any atom is -0.480 e. The van der Waals surface area contributed by atoms with Gasteiger partial charge in [-0.05, 0) is 54.8 Å². The lowest BCUT2D eigenvalue weighted by atomic mass is 10.1. The number of aliphatic carboxylic acids is 1. The average molecular weight is 499 g/mol. The Labute approximate surface area is 191 Å². The number of carbonyl (C=O) groups excluding carboxylic acids is 1. The number of carboxylic acid groups (broad SMARTS) is 1. The van der Waals surface area contributed by atoms with Gasteiger partial charge in [0.2, 0.25) is 15.9 Å². The number of nitrogens with one attached hydrogen (secondary N) is 1. The van der Waals surface area contributed by atoms with Crippen molar-refractivity contribution < 1.29 is 35.9 Å². The molecule has 2 aromatic carbocycles. The summed E-state index contributed by atoms with van der Waals surface area (Å²) < 4.78 is 63.5. The van der Waals surface area contributed by atoms with E-state index in [1.807, 2.05) is 0 Å². The summed E-state index contributed by atoms with van der Waals surface area (Å²) in [7, 11) is -7.63. The highest BCUT2D eigenvalue weighted by atomic mass is 32.2. The summed E-state index contributed by atoms with van der Waals surface area (Å²) in [5, 5.41) is 11.9.